The van der Waals surface area contributed by atoms with Crippen LogP contribution in [0.3, 0.4) is 0 Å². The van der Waals surface area contributed by atoms with Crippen molar-refractivity contribution in [2.45, 2.75) is 31.2 Å². The van der Waals surface area contributed by atoms with Crippen LogP contribution in [-0.4, -0.2) is 51.3 Å². The normalized spacial score (nSPS) is 45.3. The molecule has 15 heavy (non-hydrogen) atoms. The maximum absolute atomic E-state index is 11.1. The summed E-state index contributed by atoms with van der Waals surface area (Å²) in [7, 11) is -3.82. The van der Waals surface area contributed by atoms with Crippen LogP contribution in [0.1, 0.15) is 13.3 Å². The van der Waals surface area contributed by atoms with E-state index < -0.39 is 32.0 Å². The number of aliphatic hydroxyl groups is 3. The van der Waals surface area contributed by atoms with Gasteiger partial charge in [-0.1, -0.05) is 6.92 Å². The maximum atomic E-state index is 11.1. The molecule has 0 heterocycles. The van der Waals surface area contributed by atoms with Crippen LogP contribution in [0.25, 0.3) is 0 Å². The Hall–Kier alpha value is 0.0300. The summed E-state index contributed by atoms with van der Waals surface area (Å²) in [5, 5.41) is 28.3. The lowest BCUT2D eigenvalue weighted by Gasteiger charge is -2.31. The topological polar surface area (TPSA) is 107 Å². The highest BCUT2D eigenvalue weighted by molar-refractivity contribution is 7.51. The van der Waals surface area contributed by atoms with Crippen LogP contribution >= 0.6 is 7.60 Å². The van der Waals surface area contributed by atoms with Crippen LogP contribution < -0.4 is 0 Å². The van der Waals surface area contributed by atoms with Crippen molar-refractivity contribution in [1.29, 1.82) is 0 Å². The van der Waals surface area contributed by atoms with Crippen LogP contribution in [0.4, 0.5) is 0 Å². The fraction of sp³-hybridized carbons (Fsp3) is 1.00. The van der Waals surface area contributed by atoms with Gasteiger partial charge in [-0.3, -0.25) is 9.09 Å². The zero-order chi connectivity index (χ0) is 11.9. The van der Waals surface area contributed by atoms with E-state index in [0.717, 1.165) is 6.66 Å². The second-order valence-corrected chi connectivity index (χ2v) is 6.02. The summed E-state index contributed by atoms with van der Waals surface area (Å²) in [6.07, 6.45) is -2.26. The molecule has 0 aromatic heterocycles. The molecule has 1 aliphatic rings. The minimum atomic E-state index is -3.82. The van der Waals surface area contributed by atoms with E-state index in [4.69, 9.17) is 14.5 Å². The Balaban J connectivity index is 2.91. The minimum Gasteiger partial charge on any atom is -0.393 e. The molecule has 0 saturated heterocycles. The van der Waals surface area contributed by atoms with E-state index >= 15 is 0 Å². The van der Waals surface area contributed by atoms with Crippen molar-refractivity contribution in [1.82, 2.24) is 0 Å². The lowest BCUT2D eigenvalue weighted by molar-refractivity contribution is -0.0984. The van der Waals surface area contributed by atoms with E-state index in [1.165, 1.54) is 0 Å². The first-order valence-electron chi connectivity index (χ1n) is 4.70. The summed E-state index contributed by atoms with van der Waals surface area (Å²) >= 11 is 0. The Bertz CT molecular complexity index is 276. The van der Waals surface area contributed by atoms with Crippen molar-refractivity contribution >= 4 is 7.60 Å². The predicted octanol–water partition coefficient (Wildman–Crippen LogP) is -0.689. The van der Waals surface area contributed by atoms with Gasteiger partial charge in [0.25, 0.3) is 0 Å². The molecular formula is C8H17O6P. The van der Waals surface area contributed by atoms with Gasteiger partial charge in [-0.05, 0) is 12.3 Å². The largest absolute Gasteiger partial charge is 0.393 e. The lowest BCUT2D eigenvalue weighted by atomic mass is 10.0. The monoisotopic (exact) mass is 240 g/mol. The summed E-state index contributed by atoms with van der Waals surface area (Å²) in [5.41, 5.74) is -1.53. The van der Waals surface area contributed by atoms with E-state index in [2.05, 4.69) is 0 Å². The molecule has 1 saturated carbocycles. The zero-order valence-corrected chi connectivity index (χ0v) is 9.59. The van der Waals surface area contributed by atoms with Gasteiger partial charge in [0.1, 0.15) is 11.7 Å². The fourth-order valence-corrected chi connectivity index (χ4v) is 2.94. The molecule has 0 aromatic rings. The van der Waals surface area contributed by atoms with Crippen molar-refractivity contribution in [3.8, 4) is 0 Å². The van der Waals surface area contributed by atoms with Gasteiger partial charge in [0.15, 0.2) is 0 Å². The van der Waals surface area contributed by atoms with E-state index in [1.54, 1.807) is 6.92 Å². The third kappa shape index (κ3) is 2.58. The molecule has 5 atom stereocenters. The first-order valence-corrected chi connectivity index (χ1v) is 6.72. The van der Waals surface area contributed by atoms with Gasteiger partial charge in [-0.2, -0.15) is 0 Å². The lowest BCUT2D eigenvalue weighted by Crippen LogP contribution is -2.46. The van der Waals surface area contributed by atoms with E-state index in [-0.39, 0.29) is 12.3 Å². The second-order valence-electron chi connectivity index (χ2n) is 4.23. The van der Waals surface area contributed by atoms with Crippen molar-refractivity contribution in [3.63, 3.8) is 0 Å². The van der Waals surface area contributed by atoms with Crippen molar-refractivity contribution in [2.75, 3.05) is 13.3 Å². The molecule has 0 radical (unpaired) electrons. The van der Waals surface area contributed by atoms with Crippen molar-refractivity contribution in [3.05, 3.63) is 0 Å². The van der Waals surface area contributed by atoms with Crippen LogP contribution in [0, 0.1) is 5.92 Å². The van der Waals surface area contributed by atoms with Gasteiger partial charge in [-0.25, -0.2) is 0 Å². The molecule has 0 aromatic carbocycles. The highest BCUT2D eigenvalue weighted by Gasteiger charge is 2.54. The average molecular weight is 240 g/mol. The average Bonchev–Trinajstić information content (AvgIpc) is 2.29. The minimum absolute atomic E-state index is 0.143. The molecule has 0 spiro atoms. The van der Waals surface area contributed by atoms with E-state index in [1.807, 2.05) is 0 Å². The molecule has 90 valence electrons. The Morgan fingerprint density at radius 3 is 2.33 bits per heavy atom. The molecule has 1 aliphatic carbocycles. The zero-order valence-electron chi connectivity index (χ0n) is 8.70. The van der Waals surface area contributed by atoms with Crippen molar-refractivity contribution < 1.29 is 29.3 Å². The van der Waals surface area contributed by atoms with Crippen LogP contribution in [0.5, 0.6) is 0 Å². The Kier molecular flexibility index (Phi) is 3.60. The summed E-state index contributed by atoms with van der Waals surface area (Å²) in [6.45, 7) is 2.05. The quantitative estimate of drug-likeness (QED) is 0.486. The molecule has 0 bridgehead atoms. The standard InChI is InChI=1S/C8H17O6P/c1-5-3-8(4-9,7(11)6(5)10)14-15(2,12)13/h5-7,9-11H,3-4H2,1-2H3,(H,12,13)/t5-,6+,7-,8-/m0/s1. The molecule has 0 amide bonds. The first kappa shape index (κ1) is 13.1. The second kappa shape index (κ2) is 4.13. The molecule has 1 fully saturated rings. The molecular weight excluding hydrogens is 223 g/mol. The third-order valence-corrected chi connectivity index (χ3v) is 3.43. The number of rotatable bonds is 3. The highest BCUT2D eigenvalue weighted by Crippen LogP contribution is 2.49. The SMILES string of the molecule is C[C@H]1C[C@@](CO)(OP(C)(=O)O)[C@@H](O)[C@@H]1O. The molecule has 4 N–H and O–H groups in total. The highest BCUT2D eigenvalue weighted by atomic mass is 31.2. The van der Waals surface area contributed by atoms with Crippen molar-refractivity contribution in [2.24, 2.45) is 5.92 Å². The maximum Gasteiger partial charge on any atom is 0.325 e. The molecule has 0 aliphatic heterocycles. The van der Waals surface area contributed by atoms with Gasteiger partial charge in [0, 0.05) is 6.66 Å². The molecule has 1 unspecified atom stereocenters. The molecule has 6 nitrogen and oxygen atoms in total. The summed E-state index contributed by atoms with van der Waals surface area (Å²) in [6, 6.07) is 0. The fourth-order valence-electron chi connectivity index (χ4n) is 2.02. The number of hydrogen-bond acceptors (Lipinski definition) is 5. The van der Waals surface area contributed by atoms with Gasteiger partial charge in [-0.15, -0.1) is 0 Å². The number of hydrogen-bond donors (Lipinski definition) is 4. The molecule has 7 heteroatoms. The summed E-state index contributed by atoms with van der Waals surface area (Å²) in [5.74, 6) is -0.293. The number of aliphatic hydroxyl groups excluding tert-OH is 3. The first-order chi connectivity index (χ1) is 6.72. The third-order valence-electron chi connectivity index (χ3n) is 2.73. The van der Waals surface area contributed by atoms with E-state index in [0.29, 0.717) is 0 Å². The van der Waals surface area contributed by atoms with Gasteiger partial charge >= 0.3 is 7.60 Å². The van der Waals surface area contributed by atoms with Gasteiger partial charge in [0.05, 0.1) is 12.7 Å². The predicted molar refractivity (Wildman–Crippen MR) is 52.4 cm³/mol. The molecule has 1 rings (SSSR count). The van der Waals surface area contributed by atoms with E-state index in [9.17, 15) is 14.8 Å². The van der Waals surface area contributed by atoms with Gasteiger partial charge in [0.2, 0.25) is 0 Å². The van der Waals surface area contributed by atoms with Crippen LogP contribution in [0.2, 0.25) is 0 Å². The Labute approximate surface area is 88.0 Å². The van der Waals surface area contributed by atoms with Crippen LogP contribution in [-0.2, 0) is 9.09 Å². The Morgan fingerprint density at radius 1 is 1.53 bits per heavy atom. The van der Waals surface area contributed by atoms with Gasteiger partial charge < -0.3 is 20.2 Å². The summed E-state index contributed by atoms with van der Waals surface area (Å²) < 4.78 is 16.0. The Morgan fingerprint density at radius 2 is 2.07 bits per heavy atom. The smallest absolute Gasteiger partial charge is 0.325 e. The van der Waals surface area contributed by atoms with Crippen LogP contribution in [0.15, 0.2) is 0 Å². The summed E-state index contributed by atoms with van der Waals surface area (Å²) in [4.78, 5) is 9.09.